The first kappa shape index (κ1) is 27.9. The Balaban J connectivity index is 0.000000375. The average molecular weight is 538 g/mol. The first-order valence-corrected chi connectivity index (χ1v) is 11.6. The van der Waals surface area contributed by atoms with Crippen LogP contribution in [0.4, 0.5) is 0 Å². The van der Waals surface area contributed by atoms with Crippen LogP contribution in [0.2, 0.25) is 5.02 Å². The normalized spacial score (nSPS) is 10.3. The highest BCUT2D eigenvalue weighted by atomic mass is 35.5. The highest BCUT2D eigenvalue weighted by Gasteiger charge is 2.22. The molecule has 2 heterocycles. The summed E-state index contributed by atoms with van der Waals surface area (Å²) in [5.74, 6) is -2.07. The van der Waals surface area contributed by atoms with Crippen LogP contribution in [0.25, 0.3) is 10.9 Å². The number of rotatable bonds is 7. The van der Waals surface area contributed by atoms with Crippen LogP contribution in [0.3, 0.4) is 0 Å². The number of carboxylic acids is 1. The Bertz CT molecular complexity index is 1480. The SMILES string of the molecule is COc1ccc2c(c1)c(CC(=O)OCC(=O)O)c(C)n2C(=O)c1ccc(Cl)cc1.NC(=O)c1ccncc1. The fraction of sp³-hybridized carbons (Fsp3) is 0.148. The van der Waals surface area contributed by atoms with Gasteiger partial charge < -0.3 is 20.3 Å². The number of carbonyl (C=O) groups is 4. The summed E-state index contributed by atoms with van der Waals surface area (Å²) in [7, 11) is 1.52. The van der Waals surface area contributed by atoms with Gasteiger partial charge in [0.2, 0.25) is 5.91 Å². The number of amides is 1. The van der Waals surface area contributed by atoms with Crippen LogP contribution in [0.1, 0.15) is 32.0 Å². The Kier molecular flexibility index (Phi) is 9.18. The number of halogens is 1. The number of pyridine rings is 1. The van der Waals surface area contributed by atoms with Crippen molar-refractivity contribution in [2.24, 2.45) is 5.73 Å². The maximum absolute atomic E-state index is 13.2. The number of fused-ring (bicyclic) bond motifs is 1. The van der Waals surface area contributed by atoms with E-state index in [-0.39, 0.29) is 12.3 Å². The van der Waals surface area contributed by atoms with Gasteiger partial charge in [0.15, 0.2) is 6.61 Å². The Labute approximate surface area is 222 Å². The molecule has 0 aliphatic rings. The smallest absolute Gasteiger partial charge is 0.341 e. The summed E-state index contributed by atoms with van der Waals surface area (Å²) >= 11 is 5.91. The van der Waals surface area contributed by atoms with Crippen LogP contribution in [-0.2, 0) is 20.7 Å². The van der Waals surface area contributed by atoms with E-state index in [9.17, 15) is 19.2 Å². The van der Waals surface area contributed by atoms with Crippen molar-refractivity contribution >= 4 is 46.3 Å². The molecule has 0 aliphatic carbocycles. The van der Waals surface area contributed by atoms with Crippen molar-refractivity contribution in [1.82, 2.24) is 9.55 Å². The van der Waals surface area contributed by atoms with Crippen LogP contribution in [-0.4, -0.2) is 52.1 Å². The predicted molar refractivity (Wildman–Crippen MR) is 139 cm³/mol. The minimum atomic E-state index is -1.24. The van der Waals surface area contributed by atoms with Crippen molar-refractivity contribution in [2.45, 2.75) is 13.3 Å². The molecule has 4 rings (SSSR count). The Morgan fingerprint density at radius 3 is 2.21 bits per heavy atom. The van der Waals surface area contributed by atoms with Crippen molar-refractivity contribution < 1.29 is 33.8 Å². The van der Waals surface area contributed by atoms with Crippen molar-refractivity contribution in [3.63, 3.8) is 0 Å². The van der Waals surface area contributed by atoms with E-state index in [4.69, 9.17) is 31.9 Å². The van der Waals surface area contributed by atoms with Crippen molar-refractivity contribution in [3.8, 4) is 5.75 Å². The summed E-state index contributed by atoms with van der Waals surface area (Å²) in [6.07, 6.45) is 2.88. The van der Waals surface area contributed by atoms with E-state index in [2.05, 4.69) is 4.98 Å². The number of methoxy groups -OCH3 is 1. The standard InChI is InChI=1S/C21H18ClNO6.C6H6N2O/c1-12-16(10-20(26)29-11-19(24)25)17-9-15(28-2)7-8-18(17)23(12)21(27)13-3-5-14(22)6-4-13;7-6(9)5-1-3-8-4-2-5/h3-9H,10-11H2,1-2H3,(H,24,25);1-4H,(H2,7,9). The molecule has 4 aromatic rings. The fourth-order valence-electron chi connectivity index (χ4n) is 3.65. The van der Waals surface area contributed by atoms with Crippen LogP contribution in [0.5, 0.6) is 5.75 Å². The molecule has 0 saturated heterocycles. The summed E-state index contributed by atoms with van der Waals surface area (Å²) in [4.78, 5) is 50.0. The molecule has 0 fully saturated rings. The number of ether oxygens (including phenoxy) is 2. The topological polar surface area (TPSA) is 151 Å². The number of hydrogen-bond donors (Lipinski definition) is 2. The van der Waals surface area contributed by atoms with Crippen LogP contribution in [0, 0.1) is 6.92 Å². The monoisotopic (exact) mass is 537 g/mol. The highest BCUT2D eigenvalue weighted by Crippen LogP contribution is 2.31. The number of aromatic nitrogens is 2. The molecule has 0 unspecified atom stereocenters. The third-order valence-electron chi connectivity index (χ3n) is 5.48. The van der Waals surface area contributed by atoms with E-state index in [1.165, 1.54) is 24.1 Å². The third kappa shape index (κ3) is 6.74. The van der Waals surface area contributed by atoms with Gasteiger partial charge >= 0.3 is 11.9 Å². The van der Waals surface area contributed by atoms with Gasteiger partial charge in [0.25, 0.3) is 5.91 Å². The number of carboxylic acid groups (broad SMARTS) is 1. The number of aliphatic carboxylic acids is 1. The minimum absolute atomic E-state index is 0.177. The first-order chi connectivity index (χ1) is 18.1. The molecule has 0 aliphatic heterocycles. The maximum atomic E-state index is 13.2. The largest absolute Gasteiger partial charge is 0.497 e. The summed E-state index contributed by atoms with van der Waals surface area (Å²) in [6.45, 7) is 1.00. The van der Waals surface area contributed by atoms with Gasteiger partial charge in [-0.1, -0.05) is 11.6 Å². The van der Waals surface area contributed by atoms with Crippen molar-refractivity contribution in [2.75, 3.05) is 13.7 Å². The Hall–Kier alpha value is -4.70. The molecular formula is C27H24ClN3O7. The Morgan fingerprint density at radius 2 is 1.66 bits per heavy atom. The van der Waals surface area contributed by atoms with E-state index in [1.54, 1.807) is 61.5 Å². The Morgan fingerprint density at radius 1 is 1.00 bits per heavy atom. The lowest BCUT2D eigenvalue weighted by atomic mass is 10.1. The van der Waals surface area contributed by atoms with E-state index in [0.717, 1.165) is 0 Å². The van der Waals surface area contributed by atoms with Crippen LogP contribution < -0.4 is 10.5 Å². The molecule has 11 heteroatoms. The predicted octanol–water partition coefficient (Wildman–Crippen LogP) is 3.65. The van der Waals surface area contributed by atoms with E-state index >= 15 is 0 Å². The summed E-state index contributed by atoms with van der Waals surface area (Å²) < 4.78 is 11.5. The molecule has 0 radical (unpaired) electrons. The zero-order valence-corrected chi connectivity index (χ0v) is 21.3. The summed E-state index contributed by atoms with van der Waals surface area (Å²) in [5.41, 5.74) is 7.60. The number of carbonyl (C=O) groups excluding carboxylic acids is 3. The molecule has 2 aromatic heterocycles. The quantitative estimate of drug-likeness (QED) is 0.339. The zero-order valence-electron chi connectivity index (χ0n) is 20.5. The molecule has 0 bridgehead atoms. The second kappa shape index (κ2) is 12.5. The molecule has 0 atom stereocenters. The van der Waals surface area contributed by atoms with Gasteiger partial charge in [-0.3, -0.25) is 23.9 Å². The van der Waals surface area contributed by atoms with Gasteiger partial charge in [0.05, 0.1) is 19.0 Å². The molecule has 3 N–H and O–H groups in total. The van der Waals surface area contributed by atoms with E-state index < -0.39 is 24.5 Å². The first-order valence-electron chi connectivity index (χ1n) is 11.2. The van der Waals surface area contributed by atoms with Crippen LogP contribution in [0.15, 0.2) is 67.0 Å². The maximum Gasteiger partial charge on any atom is 0.341 e. The zero-order chi connectivity index (χ0) is 27.8. The van der Waals surface area contributed by atoms with E-state index in [0.29, 0.717) is 44.1 Å². The van der Waals surface area contributed by atoms with Crippen molar-refractivity contribution in [1.29, 1.82) is 0 Å². The number of benzene rings is 2. The lowest BCUT2D eigenvalue weighted by Crippen LogP contribution is -2.16. The third-order valence-corrected chi connectivity index (χ3v) is 5.73. The number of esters is 1. The lowest BCUT2D eigenvalue weighted by molar-refractivity contribution is -0.154. The van der Waals surface area contributed by atoms with Gasteiger partial charge in [-0.05, 0) is 67.1 Å². The minimum Gasteiger partial charge on any atom is -0.497 e. The van der Waals surface area contributed by atoms with Gasteiger partial charge in [-0.15, -0.1) is 0 Å². The number of primary amides is 1. The lowest BCUT2D eigenvalue weighted by Gasteiger charge is -2.08. The van der Waals surface area contributed by atoms with E-state index in [1.807, 2.05) is 0 Å². The number of nitrogens with two attached hydrogens (primary N) is 1. The molecule has 196 valence electrons. The molecule has 0 saturated carbocycles. The molecule has 1 amide bonds. The molecule has 38 heavy (non-hydrogen) atoms. The molecule has 0 spiro atoms. The second-order valence-corrected chi connectivity index (χ2v) is 8.36. The summed E-state index contributed by atoms with van der Waals surface area (Å²) in [5, 5.41) is 9.86. The van der Waals surface area contributed by atoms with Crippen LogP contribution >= 0.6 is 11.6 Å². The van der Waals surface area contributed by atoms with Gasteiger partial charge in [0, 0.05) is 39.6 Å². The molecule has 10 nitrogen and oxygen atoms in total. The fourth-order valence-corrected chi connectivity index (χ4v) is 3.78. The second-order valence-electron chi connectivity index (χ2n) is 7.93. The molecular weight excluding hydrogens is 514 g/mol. The van der Waals surface area contributed by atoms with Gasteiger partial charge in [0.1, 0.15) is 5.75 Å². The summed E-state index contributed by atoms with van der Waals surface area (Å²) in [6, 6.07) is 14.8. The highest BCUT2D eigenvalue weighted by molar-refractivity contribution is 6.30. The molecule has 2 aromatic carbocycles. The average Bonchev–Trinajstić information content (AvgIpc) is 3.18. The van der Waals surface area contributed by atoms with Crippen molar-refractivity contribution in [3.05, 3.63) is 94.4 Å². The van der Waals surface area contributed by atoms with Gasteiger partial charge in [-0.2, -0.15) is 0 Å². The number of nitrogens with zero attached hydrogens (tertiary/aromatic N) is 2. The number of hydrogen-bond acceptors (Lipinski definition) is 7. The van der Waals surface area contributed by atoms with Gasteiger partial charge in [-0.25, -0.2) is 4.79 Å².